The Bertz CT molecular complexity index is 471. The molecule has 0 unspecified atom stereocenters. The summed E-state index contributed by atoms with van der Waals surface area (Å²) in [6, 6.07) is 3.92. The van der Waals surface area contributed by atoms with E-state index < -0.39 is 0 Å². The molecule has 1 heterocycles. The predicted molar refractivity (Wildman–Crippen MR) is 52.5 cm³/mol. The Morgan fingerprint density at radius 3 is 3.08 bits per heavy atom. The highest BCUT2D eigenvalue weighted by atomic mass is 16.3. The molecule has 1 aliphatic carbocycles. The number of pyridine rings is 1. The van der Waals surface area contributed by atoms with Crippen LogP contribution < -0.4 is 10.6 Å². The van der Waals surface area contributed by atoms with Gasteiger partial charge in [0.15, 0.2) is 0 Å². The summed E-state index contributed by atoms with van der Waals surface area (Å²) in [5.74, 6) is 0.351. The second-order valence-corrected chi connectivity index (χ2v) is 3.14. The van der Waals surface area contributed by atoms with Crippen molar-refractivity contribution in [2.24, 2.45) is 0 Å². The summed E-state index contributed by atoms with van der Waals surface area (Å²) < 4.78 is 0. The molecule has 0 aliphatic heterocycles. The Kier molecular flexibility index (Phi) is 1.89. The lowest BCUT2D eigenvalue weighted by atomic mass is 10.2. The lowest BCUT2D eigenvalue weighted by molar-refractivity contribution is 0.486. The van der Waals surface area contributed by atoms with E-state index in [-0.39, 0.29) is 0 Å². The normalized spacial score (nSPS) is 14.7. The standard InChI is InChI=1S/C11H11NO/c1-8-6-7-9-4-2-3-5-10(13)11(9)12-8/h2-4,6-7,13H,5H2,1H3. The molecule has 1 aromatic rings. The summed E-state index contributed by atoms with van der Waals surface area (Å²) >= 11 is 0. The van der Waals surface area contributed by atoms with Gasteiger partial charge in [-0.25, -0.2) is 4.98 Å². The third kappa shape index (κ3) is 1.47. The van der Waals surface area contributed by atoms with Gasteiger partial charge in [0.1, 0.15) is 11.1 Å². The topological polar surface area (TPSA) is 33.1 Å². The average Bonchev–Trinajstić information content (AvgIpc) is 2.29. The zero-order valence-electron chi connectivity index (χ0n) is 7.49. The van der Waals surface area contributed by atoms with Gasteiger partial charge < -0.3 is 5.11 Å². The summed E-state index contributed by atoms with van der Waals surface area (Å²) in [4.78, 5) is 4.30. The number of aliphatic hydroxyl groups is 1. The van der Waals surface area contributed by atoms with Crippen molar-refractivity contribution in [3.63, 3.8) is 0 Å². The van der Waals surface area contributed by atoms with Gasteiger partial charge in [0.05, 0.1) is 0 Å². The van der Waals surface area contributed by atoms with Crippen LogP contribution in [0.1, 0.15) is 12.1 Å². The first-order valence-corrected chi connectivity index (χ1v) is 4.30. The van der Waals surface area contributed by atoms with Crippen molar-refractivity contribution in [1.82, 2.24) is 4.98 Å². The maximum atomic E-state index is 9.65. The van der Waals surface area contributed by atoms with Gasteiger partial charge in [-0.2, -0.15) is 0 Å². The van der Waals surface area contributed by atoms with Crippen molar-refractivity contribution in [2.45, 2.75) is 13.3 Å². The van der Waals surface area contributed by atoms with Crippen LogP contribution in [0, 0.1) is 6.92 Å². The van der Waals surface area contributed by atoms with Crippen LogP contribution in [0.2, 0.25) is 0 Å². The maximum Gasteiger partial charge on any atom is 0.122 e. The number of allylic oxidation sites excluding steroid dienone is 1. The van der Waals surface area contributed by atoms with E-state index in [2.05, 4.69) is 4.98 Å². The van der Waals surface area contributed by atoms with Gasteiger partial charge in [-0.1, -0.05) is 24.3 Å². The summed E-state index contributed by atoms with van der Waals surface area (Å²) in [7, 11) is 0. The minimum Gasteiger partial charge on any atom is -0.510 e. The van der Waals surface area contributed by atoms with Crippen LogP contribution in [0.15, 0.2) is 24.3 Å². The molecule has 66 valence electrons. The number of rotatable bonds is 0. The molecule has 0 bridgehead atoms. The molecular formula is C11H11NO. The number of nitrogens with zero attached hydrogens (tertiary/aromatic N) is 1. The van der Waals surface area contributed by atoms with E-state index in [1.54, 1.807) is 0 Å². The molecule has 2 nitrogen and oxygen atoms in total. The fourth-order valence-electron chi connectivity index (χ4n) is 1.38. The van der Waals surface area contributed by atoms with E-state index >= 15 is 0 Å². The van der Waals surface area contributed by atoms with E-state index in [1.807, 2.05) is 37.3 Å². The molecule has 2 heteroatoms. The third-order valence-corrected chi connectivity index (χ3v) is 2.06. The Labute approximate surface area is 76.6 Å². The smallest absolute Gasteiger partial charge is 0.122 e. The molecule has 0 amide bonds. The van der Waals surface area contributed by atoms with Gasteiger partial charge in [-0.05, 0) is 13.0 Å². The van der Waals surface area contributed by atoms with Crippen LogP contribution in [0.4, 0.5) is 0 Å². The van der Waals surface area contributed by atoms with Gasteiger partial charge in [0, 0.05) is 17.3 Å². The van der Waals surface area contributed by atoms with E-state index in [4.69, 9.17) is 0 Å². The fourth-order valence-corrected chi connectivity index (χ4v) is 1.38. The average molecular weight is 173 g/mol. The number of hydrogen-bond donors (Lipinski definition) is 1. The lowest BCUT2D eigenvalue weighted by Gasteiger charge is -1.95. The highest BCUT2D eigenvalue weighted by Gasteiger charge is 1.98. The van der Waals surface area contributed by atoms with Crippen LogP contribution in [0.3, 0.4) is 0 Å². The van der Waals surface area contributed by atoms with E-state index in [0.29, 0.717) is 17.5 Å². The molecule has 13 heavy (non-hydrogen) atoms. The first-order chi connectivity index (χ1) is 6.27. The SMILES string of the molecule is Cc1ccc2c(n1)=C(O)CC=CC=2. The second kappa shape index (κ2) is 3.05. The monoisotopic (exact) mass is 173 g/mol. The largest absolute Gasteiger partial charge is 0.510 e. The van der Waals surface area contributed by atoms with Crippen molar-refractivity contribution in [1.29, 1.82) is 0 Å². The van der Waals surface area contributed by atoms with Crippen molar-refractivity contribution in [3.05, 3.63) is 40.5 Å². The summed E-state index contributed by atoms with van der Waals surface area (Å²) in [6.45, 7) is 1.92. The summed E-state index contributed by atoms with van der Waals surface area (Å²) in [5.41, 5.74) is 0.931. The van der Waals surface area contributed by atoms with Gasteiger partial charge >= 0.3 is 0 Å². The number of hydrogen-bond acceptors (Lipinski definition) is 2. The minimum atomic E-state index is 0.351. The Balaban J connectivity index is 2.86. The zero-order valence-corrected chi connectivity index (χ0v) is 7.49. The Morgan fingerprint density at radius 1 is 1.38 bits per heavy atom. The van der Waals surface area contributed by atoms with Crippen molar-refractivity contribution < 1.29 is 5.11 Å². The first kappa shape index (κ1) is 8.05. The van der Waals surface area contributed by atoms with Crippen LogP contribution in [-0.2, 0) is 0 Å². The van der Waals surface area contributed by atoms with Crippen molar-refractivity contribution in [3.8, 4) is 0 Å². The van der Waals surface area contributed by atoms with Crippen molar-refractivity contribution >= 4 is 11.8 Å². The highest BCUT2D eigenvalue weighted by Crippen LogP contribution is 1.97. The molecule has 0 spiro atoms. The zero-order chi connectivity index (χ0) is 9.26. The molecule has 0 saturated heterocycles. The third-order valence-electron chi connectivity index (χ3n) is 2.06. The predicted octanol–water partition coefficient (Wildman–Crippen LogP) is 0.797. The van der Waals surface area contributed by atoms with E-state index in [1.165, 1.54) is 0 Å². The second-order valence-electron chi connectivity index (χ2n) is 3.14. The quantitative estimate of drug-likeness (QED) is 0.629. The Morgan fingerprint density at radius 2 is 2.23 bits per heavy atom. The number of fused-ring (bicyclic) bond motifs is 1. The summed E-state index contributed by atoms with van der Waals surface area (Å²) in [5, 5.41) is 11.3. The molecule has 2 rings (SSSR count). The molecule has 0 radical (unpaired) electrons. The van der Waals surface area contributed by atoms with Crippen LogP contribution in [0.5, 0.6) is 0 Å². The number of aliphatic hydroxyl groups excluding tert-OH is 1. The maximum absolute atomic E-state index is 9.65. The molecule has 0 atom stereocenters. The van der Waals surface area contributed by atoms with Crippen molar-refractivity contribution in [2.75, 3.05) is 0 Å². The fraction of sp³-hybridized carbons (Fsp3) is 0.182. The van der Waals surface area contributed by atoms with Crippen LogP contribution in [-0.4, -0.2) is 10.1 Å². The molecule has 0 fully saturated rings. The minimum absolute atomic E-state index is 0.351. The van der Waals surface area contributed by atoms with Gasteiger partial charge in [0.25, 0.3) is 0 Å². The molecule has 1 N–H and O–H groups in total. The highest BCUT2D eigenvalue weighted by molar-refractivity contribution is 5.46. The number of aromatic nitrogens is 1. The molecule has 0 aromatic carbocycles. The van der Waals surface area contributed by atoms with Gasteiger partial charge in [0.2, 0.25) is 0 Å². The molecular weight excluding hydrogens is 162 g/mol. The van der Waals surface area contributed by atoms with Crippen LogP contribution in [0.25, 0.3) is 11.8 Å². The lowest BCUT2D eigenvalue weighted by Crippen LogP contribution is -2.30. The van der Waals surface area contributed by atoms with E-state index in [9.17, 15) is 5.11 Å². The van der Waals surface area contributed by atoms with E-state index in [0.717, 1.165) is 10.9 Å². The summed E-state index contributed by atoms with van der Waals surface area (Å²) in [6.07, 6.45) is 6.40. The van der Waals surface area contributed by atoms with Gasteiger partial charge in [-0.3, -0.25) is 0 Å². The van der Waals surface area contributed by atoms with Crippen LogP contribution >= 0.6 is 0 Å². The first-order valence-electron chi connectivity index (χ1n) is 4.30. The molecule has 1 aliphatic rings. The van der Waals surface area contributed by atoms with Gasteiger partial charge in [-0.15, -0.1) is 0 Å². The Hall–Kier alpha value is -1.57. The molecule has 0 saturated carbocycles. The number of aryl methyl sites for hydroxylation is 1. The molecule has 1 aromatic heterocycles.